The third kappa shape index (κ3) is 4.83. The van der Waals surface area contributed by atoms with Crippen molar-refractivity contribution in [3.8, 4) is 5.75 Å². The molecule has 1 saturated heterocycles. The molecule has 2 aromatic rings. The van der Waals surface area contributed by atoms with E-state index in [1.54, 1.807) is 11.8 Å². The van der Waals surface area contributed by atoms with E-state index >= 15 is 0 Å². The van der Waals surface area contributed by atoms with Crippen molar-refractivity contribution in [3.63, 3.8) is 0 Å². The van der Waals surface area contributed by atoms with Gasteiger partial charge in [0.15, 0.2) is 0 Å². The molecule has 6 heteroatoms. The number of anilines is 1. The molecule has 1 atom stereocenters. The number of carbonyl (C=O) groups excluding carboxylic acids is 1. The molecule has 1 N–H and O–H groups in total. The zero-order chi connectivity index (χ0) is 19.2. The fourth-order valence-corrected chi connectivity index (χ4v) is 4.06. The van der Waals surface area contributed by atoms with Crippen molar-refractivity contribution < 1.29 is 14.6 Å². The Kier molecular flexibility index (Phi) is 6.77. The molecule has 1 amide bonds. The van der Waals surface area contributed by atoms with Gasteiger partial charge in [0, 0.05) is 24.0 Å². The van der Waals surface area contributed by atoms with Gasteiger partial charge in [0.2, 0.25) is 5.91 Å². The van der Waals surface area contributed by atoms with Crippen LogP contribution in [0.1, 0.15) is 12.5 Å². The smallest absolute Gasteiger partial charge is 0.241 e. The second-order valence-corrected chi connectivity index (χ2v) is 7.52. The number of aliphatic hydroxyl groups is 1. The Bertz CT molecular complexity index is 766. The largest absolute Gasteiger partial charge is 0.491 e. The summed E-state index contributed by atoms with van der Waals surface area (Å²) < 4.78 is 5.39. The first-order valence-corrected chi connectivity index (χ1v) is 10.3. The van der Waals surface area contributed by atoms with E-state index in [1.165, 1.54) is 0 Å². The molecule has 0 radical (unpaired) electrons. The summed E-state index contributed by atoms with van der Waals surface area (Å²) in [6.07, 6.45) is 2.04. The number of thioether (sulfide) groups is 1. The van der Waals surface area contributed by atoms with E-state index < -0.39 is 0 Å². The van der Waals surface area contributed by atoms with E-state index in [4.69, 9.17) is 9.84 Å². The van der Waals surface area contributed by atoms with Crippen LogP contribution >= 0.6 is 11.8 Å². The highest BCUT2D eigenvalue weighted by molar-refractivity contribution is 7.98. The molecular formula is C21H26N2O3S. The number of nitrogens with zero attached hydrogens (tertiary/aromatic N) is 2. The van der Waals surface area contributed by atoms with Gasteiger partial charge in [-0.2, -0.15) is 0 Å². The molecule has 0 spiro atoms. The standard InChI is InChI=1S/C21H26N2O3S/c1-16-13-22(14-17-7-9-18(10-8-17)26-12-11-24)15-21(25)23(16)19-5-3-4-6-20(19)27-2/h3-10,16,24H,11-15H2,1-2H3. The lowest BCUT2D eigenvalue weighted by Crippen LogP contribution is -2.55. The fourth-order valence-electron chi connectivity index (χ4n) is 3.47. The van der Waals surface area contributed by atoms with Crippen LogP contribution < -0.4 is 9.64 Å². The minimum absolute atomic E-state index is 0.00565. The monoisotopic (exact) mass is 386 g/mol. The molecule has 1 aliphatic rings. The molecule has 27 heavy (non-hydrogen) atoms. The maximum Gasteiger partial charge on any atom is 0.241 e. The Morgan fingerprint density at radius 1 is 1.19 bits per heavy atom. The van der Waals surface area contributed by atoms with Gasteiger partial charge in [0.05, 0.1) is 18.8 Å². The van der Waals surface area contributed by atoms with Crippen molar-refractivity contribution in [3.05, 3.63) is 54.1 Å². The number of para-hydroxylation sites is 1. The van der Waals surface area contributed by atoms with Crippen LogP contribution in [0.2, 0.25) is 0 Å². The minimum Gasteiger partial charge on any atom is -0.491 e. The van der Waals surface area contributed by atoms with Crippen molar-refractivity contribution in [2.75, 3.05) is 37.5 Å². The van der Waals surface area contributed by atoms with Gasteiger partial charge < -0.3 is 14.7 Å². The predicted molar refractivity (Wildman–Crippen MR) is 109 cm³/mol. The number of piperazine rings is 1. The van der Waals surface area contributed by atoms with E-state index in [0.29, 0.717) is 13.2 Å². The lowest BCUT2D eigenvalue weighted by molar-refractivity contribution is -0.122. The van der Waals surface area contributed by atoms with Crippen LogP contribution in [-0.2, 0) is 11.3 Å². The quantitative estimate of drug-likeness (QED) is 0.742. The van der Waals surface area contributed by atoms with Crippen LogP contribution in [0.15, 0.2) is 53.4 Å². The summed E-state index contributed by atoms with van der Waals surface area (Å²) in [6, 6.07) is 16.0. The maximum absolute atomic E-state index is 12.9. The van der Waals surface area contributed by atoms with Gasteiger partial charge in [0.1, 0.15) is 12.4 Å². The molecule has 3 rings (SSSR count). The molecule has 1 fully saturated rings. The number of amides is 1. The molecule has 0 aromatic heterocycles. The van der Waals surface area contributed by atoms with Crippen LogP contribution in [0.25, 0.3) is 0 Å². The molecule has 144 valence electrons. The fraction of sp³-hybridized carbons (Fsp3) is 0.381. The Morgan fingerprint density at radius 3 is 2.59 bits per heavy atom. The summed E-state index contributed by atoms with van der Waals surface area (Å²) in [5.74, 6) is 0.883. The average molecular weight is 387 g/mol. The number of benzene rings is 2. The summed E-state index contributed by atoms with van der Waals surface area (Å²) >= 11 is 1.67. The second-order valence-electron chi connectivity index (χ2n) is 6.67. The van der Waals surface area contributed by atoms with E-state index in [9.17, 15) is 4.79 Å². The van der Waals surface area contributed by atoms with Gasteiger partial charge in [-0.1, -0.05) is 24.3 Å². The van der Waals surface area contributed by atoms with Crippen LogP contribution in [-0.4, -0.2) is 54.5 Å². The molecule has 5 nitrogen and oxygen atoms in total. The minimum atomic E-state index is 0.00565. The molecule has 1 heterocycles. The lowest BCUT2D eigenvalue weighted by Gasteiger charge is -2.40. The van der Waals surface area contributed by atoms with E-state index in [1.807, 2.05) is 53.6 Å². The molecular weight excluding hydrogens is 360 g/mol. The van der Waals surface area contributed by atoms with Gasteiger partial charge in [-0.15, -0.1) is 11.8 Å². The summed E-state index contributed by atoms with van der Waals surface area (Å²) in [6.45, 7) is 4.38. The molecule has 0 saturated carbocycles. The van der Waals surface area contributed by atoms with Crippen molar-refractivity contribution in [2.45, 2.75) is 24.4 Å². The number of ether oxygens (including phenoxy) is 1. The topological polar surface area (TPSA) is 53.0 Å². The molecule has 2 aromatic carbocycles. The third-order valence-corrected chi connectivity index (χ3v) is 5.41. The number of rotatable bonds is 7. The van der Waals surface area contributed by atoms with Crippen molar-refractivity contribution in [1.29, 1.82) is 0 Å². The van der Waals surface area contributed by atoms with Crippen molar-refractivity contribution in [1.82, 2.24) is 4.90 Å². The zero-order valence-corrected chi connectivity index (χ0v) is 16.6. The van der Waals surface area contributed by atoms with Gasteiger partial charge in [-0.25, -0.2) is 0 Å². The third-order valence-electron chi connectivity index (χ3n) is 4.63. The Hall–Kier alpha value is -2.02. The second kappa shape index (κ2) is 9.26. The number of hydrogen-bond donors (Lipinski definition) is 1. The zero-order valence-electron chi connectivity index (χ0n) is 15.8. The normalized spacial score (nSPS) is 18.0. The maximum atomic E-state index is 12.9. The SMILES string of the molecule is CSc1ccccc1N1C(=O)CN(Cc2ccc(OCCO)cc2)CC1C. The predicted octanol–water partition coefficient (Wildman–Crippen LogP) is 3.02. The molecule has 0 bridgehead atoms. The van der Waals surface area contributed by atoms with Gasteiger partial charge in [0.25, 0.3) is 0 Å². The molecule has 1 unspecified atom stereocenters. The summed E-state index contributed by atoms with van der Waals surface area (Å²) in [7, 11) is 0. The van der Waals surface area contributed by atoms with E-state index in [2.05, 4.69) is 17.9 Å². The highest BCUT2D eigenvalue weighted by Gasteiger charge is 2.31. The molecule has 1 aliphatic heterocycles. The molecule has 0 aliphatic carbocycles. The van der Waals surface area contributed by atoms with Gasteiger partial charge in [-0.05, 0) is 43.0 Å². The average Bonchev–Trinajstić information content (AvgIpc) is 2.67. The van der Waals surface area contributed by atoms with Crippen LogP contribution in [0.5, 0.6) is 5.75 Å². The Balaban J connectivity index is 1.65. The van der Waals surface area contributed by atoms with Gasteiger partial charge >= 0.3 is 0 Å². The lowest BCUT2D eigenvalue weighted by atomic mass is 10.1. The summed E-state index contributed by atoms with van der Waals surface area (Å²) in [5.41, 5.74) is 2.15. The first kappa shape index (κ1) is 19.7. The summed E-state index contributed by atoms with van der Waals surface area (Å²) in [5, 5.41) is 8.82. The highest BCUT2D eigenvalue weighted by atomic mass is 32.2. The van der Waals surface area contributed by atoms with Crippen LogP contribution in [0, 0.1) is 0 Å². The van der Waals surface area contributed by atoms with Gasteiger partial charge in [-0.3, -0.25) is 9.69 Å². The van der Waals surface area contributed by atoms with Crippen LogP contribution in [0.3, 0.4) is 0 Å². The number of hydrogen-bond acceptors (Lipinski definition) is 5. The van der Waals surface area contributed by atoms with Crippen molar-refractivity contribution in [2.24, 2.45) is 0 Å². The first-order chi connectivity index (χ1) is 13.1. The Labute approximate surface area is 164 Å². The van der Waals surface area contributed by atoms with Crippen LogP contribution in [0.4, 0.5) is 5.69 Å². The highest BCUT2D eigenvalue weighted by Crippen LogP contribution is 2.31. The van der Waals surface area contributed by atoms with E-state index in [0.717, 1.165) is 35.0 Å². The number of carbonyl (C=O) groups is 1. The summed E-state index contributed by atoms with van der Waals surface area (Å²) in [4.78, 5) is 18.1. The number of aliphatic hydroxyl groups excluding tert-OH is 1. The first-order valence-electron chi connectivity index (χ1n) is 9.12. The van der Waals surface area contributed by atoms with Crippen molar-refractivity contribution >= 4 is 23.4 Å². The Morgan fingerprint density at radius 2 is 1.93 bits per heavy atom. The van der Waals surface area contributed by atoms with E-state index in [-0.39, 0.29) is 18.6 Å².